The van der Waals surface area contributed by atoms with Crippen molar-refractivity contribution in [2.24, 2.45) is 0 Å². The molecule has 0 bridgehead atoms. The predicted octanol–water partition coefficient (Wildman–Crippen LogP) is 0.720. The molecule has 0 spiro atoms. The molecule has 1 aromatic rings. The second-order valence-corrected chi connectivity index (χ2v) is 5.53. The second-order valence-electron chi connectivity index (χ2n) is 5.53. The van der Waals surface area contributed by atoms with Crippen molar-refractivity contribution in [2.75, 3.05) is 33.3 Å². The second kappa shape index (κ2) is 6.21. The smallest absolute Gasteiger partial charge is 0.317 e. The maximum atomic E-state index is 12.7. The summed E-state index contributed by atoms with van der Waals surface area (Å²) in [5.74, 6) is 0.253. The number of aromatic nitrogens is 1. The quantitative estimate of drug-likeness (QED) is 0.893. The zero-order valence-corrected chi connectivity index (χ0v) is 12.6. The highest BCUT2D eigenvalue weighted by atomic mass is 16.5. The fourth-order valence-electron chi connectivity index (χ4n) is 3.11. The minimum Gasteiger partial charge on any atom is -0.480 e. The monoisotopic (exact) mass is 304 g/mol. The molecule has 118 valence electrons. The summed E-state index contributed by atoms with van der Waals surface area (Å²) in [6, 6.07) is 3.51. The molecule has 2 fully saturated rings. The Bertz CT molecular complexity index is 578. The van der Waals surface area contributed by atoms with Crippen molar-refractivity contribution < 1.29 is 14.3 Å². The van der Waals surface area contributed by atoms with Crippen LogP contribution in [0.5, 0.6) is 5.88 Å². The lowest BCUT2D eigenvalue weighted by molar-refractivity contribution is 0.0630. The Hall–Kier alpha value is -2.31. The molecular formula is C15H20N4O3. The summed E-state index contributed by atoms with van der Waals surface area (Å²) in [5, 5.41) is 2.81. The van der Waals surface area contributed by atoms with Gasteiger partial charge >= 0.3 is 6.03 Å². The van der Waals surface area contributed by atoms with Gasteiger partial charge < -0.3 is 19.9 Å². The first-order valence-electron chi connectivity index (χ1n) is 7.53. The number of methoxy groups -OCH3 is 1. The van der Waals surface area contributed by atoms with Crippen LogP contribution in [0.1, 0.15) is 23.2 Å². The van der Waals surface area contributed by atoms with E-state index in [-0.39, 0.29) is 18.0 Å². The van der Waals surface area contributed by atoms with E-state index in [4.69, 9.17) is 4.74 Å². The van der Waals surface area contributed by atoms with E-state index in [0.29, 0.717) is 37.6 Å². The normalized spacial score (nSPS) is 21.7. The van der Waals surface area contributed by atoms with Gasteiger partial charge in [-0.3, -0.25) is 4.79 Å². The third-order valence-electron chi connectivity index (χ3n) is 4.21. The lowest BCUT2D eigenvalue weighted by atomic mass is 10.0. The van der Waals surface area contributed by atoms with Crippen LogP contribution in [0.3, 0.4) is 0 Å². The van der Waals surface area contributed by atoms with Crippen molar-refractivity contribution in [3.05, 3.63) is 23.9 Å². The van der Waals surface area contributed by atoms with E-state index in [1.807, 2.05) is 4.90 Å². The molecular weight excluding hydrogens is 284 g/mol. The summed E-state index contributed by atoms with van der Waals surface area (Å²) >= 11 is 0. The summed E-state index contributed by atoms with van der Waals surface area (Å²) < 4.78 is 5.17. The molecule has 0 saturated carbocycles. The minimum atomic E-state index is -0.0887. The van der Waals surface area contributed by atoms with E-state index in [2.05, 4.69) is 10.3 Å². The number of pyridine rings is 1. The van der Waals surface area contributed by atoms with Gasteiger partial charge in [0.2, 0.25) is 5.88 Å². The molecule has 0 aliphatic carbocycles. The molecule has 0 radical (unpaired) electrons. The van der Waals surface area contributed by atoms with E-state index < -0.39 is 0 Å². The average Bonchev–Trinajstić information content (AvgIpc) is 3.00. The van der Waals surface area contributed by atoms with Gasteiger partial charge in [0.15, 0.2) is 0 Å². The number of urea groups is 1. The van der Waals surface area contributed by atoms with Gasteiger partial charge in [0.25, 0.3) is 5.91 Å². The number of rotatable bonds is 3. The van der Waals surface area contributed by atoms with Gasteiger partial charge in [-0.2, -0.15) is 0 Å². The van der Waals surface area contributed by atoms with Gasteiger partial charge in [-0.1, -0.05) is 0 Å². The first-order chi connectivity index (χ1) is 10.7. The third kappa shape index (κ3) is 2.70. The highest BCUT2D eigenvalue weighted by Gasteiger charge is 2.33. The Kier molecular flexibility index (Phi) is 4.13. The van der Waals surface area contributed by atoms with E-state index in [0.717, 1.165) is 12.8 Å². The highest BCUT2D eigenvalue weighted by molar-refractivity contribution is 5.96. The lowest BCUT2D eigenvalue weighted by Gasteiger charge is -2.37. The molecule has 1 N–H and O–H groups in total. The van der Waals surface area contributed by atoms with E-state index in [9.17, 15) is 9.59 Å². The molecule has 2 aliphatic heterocycles. The van der Waals surface area contributed by atoms with Crippen molar-refractivity contribution in [3.63, 3.8) is 0 Å². The van der Waals surface area contributed by atoms with Gasteiger partial charge in [-0.05, 0) is 25.0 Å². The maximum absolute atomic E-state index is 12.7. The number of ether oxygens (including phenoxy) is 1. The van der Waals surface area contributed by atoms with E-state index >= 15 is 0 Å². The van der Waals surface area contributed by atoms with Crippen LogP contribution in [-0.2, 0) is 0 Å². The Labute approximate surface area is 129 Å². The molecule has 22 heavy (non-hydrogen) atoms. The summed E-state index contributed by atoms with van der Waals surface area (Å²) in [7, 11) is 1.51. The summed E-state index contributed by atoms with van der Waals surface area (Å²) in [6.45, 7) is 2.65. The van der Waals surface area contributed by atoms with Crippen molar-refractivity contribution >= 4 is 11.9 Å². The molecule has 1 aromatic heterocycles. The van der Waals surface area contributed by atoms with Crippen molar-refractivity contribution in [2.45, 2.75) is 18.9 Å². The maximum Gasteiger partial charge on any atom is 0.317 e. The lowest BCUT2D eigenvalue weighted by Crippen LogP contribution is -2.50. The summed E-state index contributed by atoms with van der Waals surface area (Å²) in [5.41, 5.74) is 0.469. The molecule has 0 aromatic carbocycles. The number of carbonyl (C=O) groups is 2. The van der Waals surface area contributed by atoms with Gasteiger partial charge in [-0.25, -0.2) is 9.78 Å². The van der Waals surface area contributed by atoms with Crippen LogP contribution in [0.15, 0.2) is 18.3 Å². The molecule has 1 atom stereocenters. The first kappa shape index (κ1) is 14.6. The van der Waals surface area contributed by atoms with Crippen LogP contribution in [0.25, 0.3) is 0 Å². The number of nitrogens with one attached hydrogen (secondary N) is 1. The molecule has 2 saturated heterocycles. The van der Waals surface area contributed by atoms with Crippen LogP contribution in [0.4, 0.5) is 4.79 Å². The molecule has 3 amide bonds. The third-order valence-corrected chi connectivity index (χ3v) is 4.21. The molecule has 2 aliphatic rings. The number of nitrogens with zero attached hydrogens (tertiary/aromatic N) is 3. The van der Waals surface area contributed by atoms with Gasteiger partial charge in [0.1, 0.15) is 5.56 Å². The number of likely N-dealkylation sites (tertiary alicyclic amines) is 1. The molecule has 3 rings (SSSR count). The number of hydrogen-bond acceptors (Lipinski definition) is 4. The highest BCUT2D eigenvalue weighted by Crippen LogP contribution is 2.22. The Morgan fingerprint density at radius 2 is 2.32 bits per heavy atom. The number of piperidine rings is 1. The van der Waals surface area contributed by atoms with Crippen LogP contribution in [0.2, 0.25) is 0 Å². The molecule has 7 heteroatoms. The standard InChI is InChI=1S/C15H20N4O3/c1-22-13-12(5-2-6-16-13)14(20)18-8-3-4-11(10-18)19-9-7-17-15(19)21/h2,5-6,11H,3-4,7-10H2,1H3,(H,17,21)/t11-/m1/s1. The molecule has 3 heterocycles. The van der Waals surface area contributed by atoms with Gasteiger partial charge in [0.05, 0.1) is 13.2 Å². The van der Waals surface area contributed by atoms with E-state index in [1.165, 1.54) is 7.11 Å². The predicted molar refractivity (Wildman–Crippen MR) is 79.8 cm³/mol. The van der Waals surface area contributed by atoms with Crippen molar-refractivity contribution in [1.82, 2.24) is 20.1 Å². The van der Waals surface area contributed by atoms with Crippen molar-refractivity contribution in [3.8, 4) is 5.88 Å². The average molecular weight is 304 g/mol. The number of hydrogen-bond donors (Lipinski definition) is 1. The van der Waals surface area contributed by atoms with E-state index in [1.54, 1.807) is 23.2 Å². The SMILES string of the molecule is COc1ncccc1C(=O)N1CCC[C@@H](N2CCNC2=O)C1. The minimum absolute atomic E-state index is 0.0294. The zero-order chi connectivity index (χ0) is 15.5. The fourth-order valence-corrected chi connectivity index (χ4v) is 3.11. The fraction of sp³-hybridized carbons (Fsp3) is 0.533. The Morgan fingerprint density at radius 1 is 1.45 bits per heavy atom. The molecule has 0 unspecified atom stereocenters. The largest absolute Gasteiger partial charge is 0.480 e. The van der Waals surface area contributed by atoms with Crippen molar-refractivity contribution in [1.29, 1.82) is 0 Å². The van der Waals surface area contributed by atoms with Gasteiger partial charge in [0, 0.05) is 32.4 Å². The first-order valence-corrected chi connectivity index (χ1v) is 7.53. The Balaban J connectivity index is 1.74. The van der Waals surface area contributed by atoms with Crippen LogP contribution < -0.4 is 10.1 Å². The summed E-state index contributed by atoms with van der Waals surface area (Å²) in [4.78, 5) is 32.2. The zero-order valence-electron chi connectivity index (χ0n) is 12.6. The number of amides is 3. The van der Waals surface area contributed by atoms with Crippen LogP contribution in [-0.4, -0.2) is 66.1 Å². The van der Waals surface area contributed by atoms with Crippen LogP contribution in [0, 0.1) is 0 Å². The van der Waals surface area contributed by atoms with Crippen LogP contribution >= 0.6 is 0 Å². The summed E-state index contributed by atoms with van der Waals surface area (Å²) in [6.07, 6.45) is 3.42. The number of carbonyl (C=O) groups excluding carboxylic acids is 2. The molecule has 7 nitrogen and oxygen atoms in total. The topological polar surface area (TPSA) is 74.8 Å². The van der Waals surface area contributed by atoms with Gasteiger partial charge in [-0.15, -0.1) is 0 Å². The Morgan fingerprint density at radius 3 is 3.05 bits per heavy atom.